The zero-order valence-electron chi connectivity index (χ0n) is 12.5. The number of nitrogens with zero attached hydrogens (tertiary/aromatic N) is 1. The Labute approximate surface area is 127 Å². The summed E-state index contributed by atoms with van der Waals surface area (Å²) in [4.78, 5) is 17.7. The predicted octanol–water partition coefficient (Wildman–Crippen LogP) is 3.54. The second-order valence-corrected chi connectivity index (χ2v) is 5.81. The van der Waals surface area contributed by atoms with Crippen molar-refractivity contribution >= 4 is 22.4 Å². The third kappa shape index (κ3) is 3.52. The van der Waals surface area contributed by atoms with Gasteiger partial charge in [-0.1, -0.05) is 13.8 Å². The van der Waals surface area contributed by atoms with Crippen LogP contribution in [0.1, 0.15) is 35.0 Å². The number of amides is 1. The lowest BCUT2D eigenvalue weighted by atomic mass is 10.2. The van der Waals surface area contributed by atoms with E-state index in [0.717, 1.165) is 4.88 Å². The highest BCUT2D eigenvalue weighted by molar-refractivity contribution is 7.15. The summed E-state index contributed by atoms with van der Waals surface area (Å²) in [6.07, 6.45) is 1.79. The van der Waals surface area contributed by atoms with E-state index in [-0.39, 0.29) is 5.91 Å². The summed E-state index contributed by atoms with van der Waals surface area (Å²) in [6.45, 7) is 4.18. The number of nitrogens with one attached hydrogen (secondary N) is 1. The maximum absolute atomic E-state index is 12.3. The van der Waals surface area contributed by atoms with Gasteiger partial charge in [-0.3, -0.25) is 10.1 Å². The zero-order chi connectivity index (χ0) is 15.4. The molecule has 0 atom stereocenters. The van der Waals surface area contributed by atoms with Gasteiger partial charge in [0.1, 0.15) is 11.5 Å². The van der Waals surface area contributed by atoms with Crippen LogP contribution in [0.15, 0.2) is 24.4 Å². The Kier molecular flexibility index (Phi) is 4.80. The Morgan fingerprint density at radius 3 is 2.62 bits per heavy atom. The molecule has 1 aromatic carbocycles. The van der Waals surface area contributed by atoms with Gasteiger partial charge in [0.15, 0.2) is 5.13 Å². The average molecular weight is 306 g/mol. The fraction of sp³-hybridized carbons (Fsp3) is 0.333. The minimum atomic E-state index is -0.251. The highest BCUT2D eigenvalue weighted by Gasteiger charge is 2.15. The van der Waals surface area contributed by atoms with Gasteiger partial charge >= 0.3 is 0 Å². The number of rotatable bonds is 5. The van der Waals surface area contributed by atoms with Crippen molar-refractivity contribution in [2.45, 2.75) is 19.8 Å². The van der Waals surface area contributed by atoms with E-state index in [1.807, 2.05) is 0 Å². The van der Waals surface area contributed by atoms with E-state index in [4.69, 9.17) is 9.47 Å². The van der Waals surface area contributed by atoms with Crippen molar-refractivity contribution in [2.75, 3.05) is 19.5 Å². The molecule has 21 heavy (non-hydrogen) atoms. The van der Waals surface area contributed by atoms with Gasteiger partial charge in [0, 0.05) is 17.1 Å². The Morgan fingerprint density at radius 1 is 1.29 bits per heavy atom. The monoisotopic (exact) mass is 306 g/mol. The molecule has 1 N–H and O–H groups in total. The molecule has 0 saturated heterocycles. The van der Waals surface area contributed by atoms with Crippen LogP contribution < -0.4 is 14.8 Å². The molecular formula is C15H18N2O3S. The Hall–Kier alpha value is -2.08. The smallest absolute Gasteiger partial charge is 0.261 e. The third-order valence-electron chi connectivity index (χ3n) is 2.97. The zero-order valence-corrected chi connectivity index (χ0v) is 13.3. The number of hydrogen-bond donors (Lipinski definition) is 1. The standard InChI is InChI=1S/C15H18N2O3S/c1-9(2)13-8-16-15(21-13)17-14(18)11-6-5-10(19-3)7-12(11)20-4/h5-9H,1-4H3,(H,16,17,18). The molecule has 0 fully saturated rings. The molecule has 0 aliphatic carbocycles. The third-order valence-corrected chi connectivity index (χ3v) is 4.18. The summed E-state index contributed by atoms with van der Waals surface area (Å²) in [7, 11) is 3.09. The fourth-order valence-corrected chi connectivity index (χ4v) is 2.58. The molecule has 1 aromatic heterocycles. The molecule has 0 unspecified atom stereocenters. The predicted molar refractivity (Wildman–Crippen MR) is 83.7 cm³/mol. The van der Waals surface area contributed by atoms with Gasteiger partial charge in [-0.2, -0.15) is 0 Å². The SMILES string of the molecule is COc1ccc(C(=O)Nc2ncc(C(C)C)s2)c(OC)c1. The van der Waals surface area contributed by atoms with Gasteiger partial charge in [0.25, 0.3) is 5.91 Å². The lowest BCUT2D eigenvalue weighted by Gasteiger charge is -2.09. The molecule has 0 aliphatic rings. The van der Waals surface area contributed by atoms with E-state index < -0.39 is 0 Å². The van der Waals surface area contributed by atoms with Crippen LogP contribution in [0.2, 0.25) is 0 Å². The number of ether oxygens (including phenoxy) is 2. The number of anilines is 1. The molecule has 0 saturated carbocycles. The number of methoxy groups -OCH3 is 2. The molecule has 2 rings (SSSR count). The van der Waals surface area contributed by atoms with Crippen molar-refractivity contribution in [3.63, 3.8) is 0 Å². The van der Waals surface area contributed by atoms with Crippen molar-refractivity contribution in [2.24, 2.45) is 0 Å². The minimum absolute atomic E-state index is 0.251. The van der Waals surface area contributed by atoms with Crippen LogP contribution in [0.4, 0.5) is 5.13 Å². The average Bonchev–Trinajstić information content (AvgIpc) is 2.95. The number of carbonyl (C=O) groups excluding carboxylic acids is 1. The molecule has 0 spiro atoms. The van der Waals surface area contributed by atoms with E-state index in [9.17, 15) is 4.79 Å². The van der Waals surface area contributed by atoms with Crippen molar-refractivity contribution in [1.29, 1.82) is 0 Å². The van der Waals surface area contributed by atoms with Crippen molar-refractivity contribution < 1.29 is 14.3 Å². The molecule has 2 aromatic rings. The van der Waals surface area contributed by atoms with Gasteiger partial charge in [-0.15, -0.1) is 11.3 Å². The number of carbonyl (C=O) groups is 1. The highest BCUT2D eigenvalue weighted by atomic mass is 32.1. The van der Waals surface area contributed by atoms with E-state index >= 15 is 0 Å². The van der Waals surface area contributed by atoms with Crippen molar-refractivity contribution in [1.82, 2.24) is 4.98 Å². The van der Waals surface area contributed by atoms with Gasteiger partial charge in [-0.05, 0) is 18.1 Å². The summed E-state index contributed by atoms with van der Waals surface area (Å²) < 4.78 is 10.3. The first-order valence-electron chi connectivity index (χ1n) is 6.54. The van der Waals surface area contributed by atoms with Crippen LogP contribution in [0.5, 0.6) is 11.5 Å². The number of benzene rings is 1. The van der Waals surface area contributed by atoms with Crippen LogP contribution in [0.3, 0.4) is 0 Å². The number of hydrogen-bond acceptors (Lipinski definition) is 5. The molecule has 112 valence electrons. The summed E-state index contributed by atoms with van der Waals surface area (Å²) in [5.74, 6) is 1.25. The first kappa shape index (κ1) is 15.3. The summed E-state index contributed by atoms with van der Waals surface area (Å²) >= 11 is 1.48. The van der Waals surface area contributed by atoms with Gasteiger partial charge < -0.3 is 9.47 Å². The first-order valence-corrected chi connectivity index (χ1v) is 7.36. The molecule has 0 radical (unpaired) electrons. The molecule has 1 heterocycles. The van der Waals surface area contributed by atoms with E-state index in [0.29, 0.717) is 28.1 Å². The molecular weight excluding hydrogens is 288 g/mol. The Bertz CT molecular complexity index is 638. The molecule has 0 bridgehead atoms. The van der Waals surface area contributed by atoms with Gasteiger partial charge in [0.05, 0.1) is 19.8 Å². The van der Waals surface area contributed by atoms with Gasteiger partial charge in [-0.25, -0.2) is 4.98 Å². The van der Waals surface area contributed by atoms with E-state index in [1.165, 1.54) is 18.4 Å². The fourth-order valence-electron chi connectivity index (χ4n) is 1.76. The Morgan fingerprint density at radius 2 is 2.05 bits per heavy atom. The summed E-state index contributed by atoms with van der Waals surface area (Å²) in [6, 6.07) is 5.07. The van der Waals surface area contributed by atoms with E-state index in [2.05, 4.69) is 24.1 Å². The maximum atomic E-state index is 12.3. The van der Waals surface area contributed by atoms with Crippen LogP contribution in [0, 0.1) is 0 Å². The molecule has 6 heteroatoms. The summed E-state index contributed by atoms with van der Waals surface area (Å²) in [5, 5.41) is 3.38. The summed E-state index contributed by atoms with van der Waals surface area (Å²) in [5.41, 5.74) is 0.444. The Balaban J connectivity index is 2.19. The lowest BCUT2D eigenvalue weighted by molar-refractivity contribution is 0.102. The highest BCUT2D eigenvalue weighted by Crippen LogP contribution is 2.28. The van der Waals surface area contributed by atoms with Crippen molar-refractivity contribution in [3.05, 3.63) is 34.8 Å². The topological polar surface area (TPSA) is 60.5 Å². The quantitative estimate of drug-likeness (QED) is 0.918. The lowest BCUT2D eigenvalue weighted by Crippen LogP contribution is -2.13. The first-order chi connectivity index (χ1) is 10.0. The van der Waals surface area contributed by atoms with E-state index in [1.54, 1.807) is 31.5 Å². The van der Waals surface area contributed by atoms with Gasteiger partial charge in [0.2, 0.25) is 0 Å². The normalized spacial score (nSPS) is 10.5. The van der Waals surface area contributed by atoms with Crippen LogP contribution in [-0.2, 0) is 0 Å². The molecule has 0 aliphatic heterocycles. The van der Waals surface area contributed by atoms with Crippen LogP contribution in [0.25, 0.3) is 0 Å². The van der Waals surface area contributed by atoms with Crippen LogP contribution in [-0.4, -0.2) is 25.1 Å². The molecule has 5 nitrogen and oxygen atoms in total. The molecule has 1 amide bonds. The largest absolute Gasteiger partial charge is 0.497 e. The number of thiazole rings is 1. The second-order valence-electron chi connectivity index (χ2n) is 4.74. The number of aromatic nitrogens is 1. The maximum Gasteiger partial charge on any atom is 0.261 e. The van der Waals surface area contributed by atoms with Crippen LogP contribution >= 0.6 is 11.3 Å². The minimum Gasteiger partial charge on any atom is -0.497 e. The van der Waals surface area contributed by atoms with Crippen molar-refractivity contribution in [3.8, 4) is 11.5 Å². The second kappa shape index (κ2) is 6.58.